The Balaban J connectivity index is 4.49. The molecule has 0 aliphatic carbocycles. The molecule has 0 rings (SSSR count). The van der Waals surface area contributed by atoms with Crippen LogP contribution in [0.2, 0.25) is 0 Å². The minimum Gasteiger partial charge on any atom is -0.462 e. The van der Waals surface area contributed by atoms with Crippen LogP contribution in [0.1, 0.15) is 252 Å². The van der Waals surface area contributed by atoms with Gasteiger partial charge in [-0.3, -0.25) is 14.4 Å². The third-order valence-corrected chi connectivity index (χ3v) is 11.5. The van der Waals surface area contributed by atoms with Gasteiger partial charge in [-0.2, -0.15) is 0 Å². The number of ether oxygens (including phenoxy) is 3. The van der Waals surface area contributed by atoms with Crippen LogP contribution in [-0.4, -0.2) is 37.2 Å². The molecule has 382 valence electrons. The second-order valence-corrected chi connectivity index (χ2v) is 18.1. The monoisotopic (exact) mass is 931 g/mol. The molecular weight excluding hydrogens is 829 g/mol. The lowest BCUT2D eigenvalue weighted by atomic mass is 10.1. The molecule has 0 aromatic rings. The summed E-state index contributed by atoms with van der Waals surface area (Å²) < 4.78 is 16.8. The average molecular weight is 931 g/mol. The van der Waals surface area contributed by atoms with Gasteiger partial charge in [0.1, 0.15) is 13.2 Å². The smallest absolute Gasteiger partial charge is 0.306 e. The second kappa shape index (κ2) is 54.9. The number of carbonyl (C=O) groups is 3. The highest BCUT2D eigenvalue weighted by molar-refractivity contribution is 5.71. The Kier molecular flexibility index (Phi) is 51.9. The Labute approximate surface area is 413 Å². The van der Waals surface area contributed by atoms with Gasteiger partial charge in [0.25, 0.3) is 0 Å². The largest absolute Gasteiger partial charge is 0.462 e. The third kappa shape index (κ3) is 53.2. The van der Waals surface area contributed by atoms with Crippen LogP contribution in [0, 0.1) is 0 Å². The van der Waals surface area contributed by atoms with Crippen LogP contribution in [0.5, 0.6) is 0 Å². The van der Waals surface area contributed by atoms with Crippen LogP contribution >= 0.6 is 0 Å². The standard InChI is InChI=1S/C61H102O6/c1-4-7-10-13-16-19-22-25-28-29-30-31-34-36-39-42-45-48-51-54-60(63)66-57-58(67-61(64)55-52-49-46-43-40-37-33-27-24-21-18-15-12-9-6-3)56-65-59(62)53-50-47-44-41-38-35-32-26-23-20-17-14-11-8-5-2/h7,10,16-17,19-20,25-28,30-33,36,39,58H,4-6,8-9,11-15,18,21-24,29,34-35,37-38,40-57H2,1-3H3. The van der Waals surface area contributed by atoms with E-state index in [-0.39, 0.29) is 31.1 Å². The van der Waals surface area contributed by atoms with Crippen molar-refractivity contribution < 1.29 is 28.6 Å². The number of hydrogen-bond donors (Lipinski definition) is 0. The average Bonchev–Trinajstić information content (AvgIpc) is 3.33. The van der Waals surface area contributed by atoms with Crippen LogP contribution in [0.15, 0.2) is 97.2 Å². The summed E-state index contributed by atoms with van der Waals surface area (Å²) in [6, 6.07) is 0. The maximum atomic E-state index is 12.8. The van der Waals surface area contributed by atoms with Gasteiger partial charge in [0, 0.05) is 19.3 Å². The molecule has 0 amide bonds. The van der Waals surface area contributed by atoms with Crippen molar-refractivity contribution in [3.63, 3.8) is 0 Å². The SMILES string of the molecule is CCC=CCC=CCC=CCC=CCC=CCCCCCC(=O)OCC(COC(=O)CCCCCCCC=CCC=CCCCCC)OC(=O)CCCCCCCC=CCCCCCCCC. The van der Waals surface area contributed by atoms with E-state index >= 15 is 0 Å². The number of esters is 3. The molecule has 0 aromatic heterocycles. The molecule has 6 heteroatoms. The fourth-order valence-corrected chi connectivity index (χ4v) is 7.37. The van der Waals surface area contributed by atoms with Crippen molar-refractivity contribution in [1.82, 2.24) is 0 Å². The predicted octanol–water partition coefficient (Wildman–Crippen LogP) is 18.5. The van der Waals surface area contributed by atoms with Gasteiger partial charge in [0.15, 0.2) is 6.10 Å². The van der Waals surface area contributed by atoms with E-state index in [0.717, 1.165) is 135 Å². The summed E-state index contributed by atoms with van der Waals surface area (Å²) in [6.07, 6.45) is 72.4. The maximum Gasteiger partial charge on any atom is 0.306 e. The molecule has 0 radical (unpaired) electrons. The van der Waals surface area contributed by atoms with E-state index in [0.29, 0.717) is 19.3 Å². The quantitative estimate of drug-likeness (QED) is 0.0262. The normalized spacial score (nSPS) is 12.8. The van der Waals surface area contributed by atoms with Crippen LogP contribution in [0.4, 0.5) is 0 Å². The first-order chi connectivity index (χ1) is 33.0. The van der Waals surface area contributed by atoms with E-state index in [2.05, 4.69) is 118 Å². The molecule has 0 bridgehead atoms. The summed E-state index contributed by atoms with van der Waals surface area (Å²) in [4.78, 5) is 38.1. The molecule has 0 heterocycles. The summed E-state index contributed by atoms with van der Waals surface area (Å²) >= 11 is 0. The Morgan fingerprint density at radius 3 is 0.970 bits per heavy atom. The number of carbonyl (C=O) groups excluding carboxylic acids is 3. The zero-order chi connectivity index (χ0) is 48.6. The van der Waals surface area contributed by atoms with Gasteiger partial charge < -0.3 is 14.2 Å². The van der Waals surface area contributed by atoms with Crippen LogP contribution in [0.25, 0.3) is 0 Å². The van der Waals surface area contributed by atoms with E-state index in [1.165, 1.54) is 77.0 Å². The van der Waals surface area contributed by atoms with Crippen molar-refractivity contribution in [2.24, 2.45) is 0 Å². The van der Waals surface area contributed by atoms with Gasteiger partial charge in [-0.25, -0.2) is 0 Å². The molecule has 0 saturated carbocycles. The van der Waals surface area contributed by atoms with E-state index in [9.17, 15) is 14.4 Å². The minimum atomic E-state index is -0.802. The summed E-state index contributed by atoms with van der Waals surface area (Å²) in [7, 11) is 0. The third-order valence-electron chi connectivity index (χ3n) is 11.5. The van der Waals surface area contributed by atoms with Gasteiger partial charge in [-0.1, -0.05) is 208 Å². The summed E-state index contributed by atoms with van der Waals surface area (Å²) in [5.74, 6) is -0.953. The Hall–Kier alpha value is -3.67. The summed E-state index contributed by atoms with van der Waals surface area (Å²) in [6.45, 7) is 6.45. The molecule has 1 atom stereocenters. The molecule has 1 unspecified atom stereocenters. The van der Waals surface area contributed by atoms with Crippen molar-refractivity contribution in [2.75, 3.05) is 13.2 Å². The second-order valence-electron chi connectivity index (χ2n) is 18.1. The van der Waals surface area contributed by atoms with Gasteiger partial charge in [0.05, 0.1) is 0 Å². The summed E-state index contributed by atoms with van der Waals surface area (Å²) in [5, 5.41) is 0. The Morgan fingerprint density at radius 2 is 0.582 bits per heavy atom. The zero-order valence-electron chi connectivity index (χ0n) is 43.6. The number of allylic oxidation sites excluding steroid dienone is 16. The van der Waals surface area contributed by atoms with Crippen molar-refractivity contribution in [1.29, 1.82) is 0 Å². The first kappa shape index (κ1) is 63.3. The summed E-state index contributed by atoms with van der Waals surface area (Å²) in [5.41, 5.74) is 0. The van der Waals surface area contributed by atoms with E-state index < -0.39 is 6.10 Å². The highest BCUT2D eigenvalue weighted by Crippen LogP contribution is 2.13. The van der Waals surface area contributed by atoms with Crippen LogP contribution < -0.4 is 0 Å². The van der Waals surface area contributed by atoms with Gasteiger partial charge >= 0.3 is 17.9 Å². The van der Waals surface area contributed by atoms with E-state index in [1.807, 2.05) is 0 Å². The fraction of sp³-hybridized carbons (Fsp3) is 0.689. The number of unbranched alkanes of at least 4 members (excludes halogenated alkanes) is 22. The molecule has 0 N–H and O–H groups in total. The highest BCUT2D eigenvalue weighted by Gasteiger charge is 2.19. The van der Waals surface area contributed by atoms with Crippen LogP contribution in [0.3, 0.4) is 0 Å². The lowest BCUT2D eigenvalue weighted by molar-refractivity contribution is -0.167. The van der Waals surface area contributed by atoms with Crippen molar-refractivity contribution in [2.45, 2.75) is 258 Å². The Bertz CT molecular complexity index is 1350. The lowest BCUT2D eigenvalue weighted by Gasteiger charge is -2.18. The van der Waals surface area contributed by atoms with E-state index in [1.54, 1.807) is 0 Å². The first-order valence-electron chi connectivity index (χ1n) is 27.7. The topological polar surface area (TPSA) is 78.9 Å². The highest BCUT2D eigenvalue weighted by atomic mass is 16.6. The molecule has 0 aromatic carbocycles. The molecular formula is C61H102O6. The molecule has 0 fully saturated rings. The maximum absolute atomic E-state index is 12.8. The zero-order valence-corrected chi connectivity index (χ0v) is 43.6. The lowest BCUT2D eigenvalue weighted by Crippen LogP contribution is -2.30. The molecule has 6 nitrogen and oxygen atoms in total. The predicted molar refractivity (Wildman–Crippen MR) is 288 cm³/mol. The van der Waals surface area contributed by atoms with Crippen LogP contribution in [-0.2, 0) is 28.6 Å². The van der Waals surface area contributed by atoms with Crippen molar-refractivity contribution >= 4 is 17.9 Å². The first-order valence-corrected chi connectivity index (χ1v) is 27.7. The van der Waals surface area contributed by atoms with Crippen molar-refractivity contribution in [3.8, 4) is 0 Å². The minimum absolute atomic E-state index is 0.0995. The molecule has 0 aliphatic heterocycles. The van der Waals surface area contributed by atoms with Gasteiger partial charge in [-0.05, 0) is 122 Å². The van der Waals surface area contributed by atoms with Gasteiger partial charge in [0.2, 0.25) is 0 Å². The number of rotatable bonds is 49. The van der Waals surface area contributed by atoms with Gasteiger partial charge in [-0.15, -0.1) is 0 Å². The fourth-order valence-electron chi connectivity index (χ4n) is 7.37. The molecule has 0 saturated heterocycles. The van der Waals surface area contributed by atoms with Crippen molar-refractivity contribution in [3.05, 3.63) is 97.2 Å². The number of hydrogen-bond acceptors (Lipinski definition) is 6. The Morgan fingerprint density at radius 1 is 0.313 bits per heavy atom. The molecule has 0 aliphatic rings. The molecule has 0 spiro atoms. The molecule has 67 heavy (non-hydrogen) atoms. The van der Waals surface area contributed by atoms with E-state index in [4.69, 9.17) is 14.2 Å².